The fraction of sp³-hybridized carbons (Fsp3) is 0.115. The Balaban J connectivity index is 1.59. The van der Waals surface area contributed by atoms with Gasteiger partial charge >= 0.3 is 5.97 Å². The largest absolute Gasteiger partial charge is 0.497 e. The predicted molar refractivity (Wildman–Crippen MR) is 142 cm³/mol. The number of ether oxygens (including phenoxy) is 3. The summed E-state index contributed by atoms with van der Waals surface area (Å²) >= 11 is 13.0. The van der Waals surface area contributed by atoms with Gasteiger partial charge in [0, 0.05) is 27.2 Å². The molecule has 1 aromatic heterocycles. The molecule has 0 atom stereocenters. The van der Waals surface area contributed by atoms with Crippen LogP contribution in [0, 0.1) is 0 Å². The van der Waals surface area contributed by atoms with Crippen LogP contribution < -0.4 is 14.2 Å². The van der Waals surface area contributed by atoms with Crippen molar-refractivity contribution in [2.24, 2.45) is 0 Å². The number of benzene rings is 3. The number of rotatable bonds is 10. The molecule has 3 aromatic carbocycles. The van der Waals surface area contributed by atoms with Crippen LogP contribution in [-0.2, 0) is 11.4 Å². The third kappa shape index (κ3) is 6.97. The Labute approximate surface area is 226 Å². The summed E-state index contributed by atoms with van der Waals surface area (Å²) in [6, 6.07) is 17.3. The number of nitrogens with zero attached hydrogens (tertiary/aromatic N) is 2. The molecule has 0 amide bonds. The molecule has 0 aliphatic rings. The van der Waals surface area contributed by atoms with E-state index in [-0.39, 0.29) is 22.6 Å². The zero-order valence-electron chi connectivity index (χ0n) is 19.6. The number of thioether (sulfide) groups is 1. The minimum atomic E-state index is -1.19. The van der Waals surface area contributed by atoms with Gasteiger partial charge in [0.15, 0.2) is 0 Å². The fourth-order valence-electron chi connectivity index (χ4n) is 3.22. The van der Waals surface area contributed by atoms with Gasteiger partial charge in [0.25, 0.3) is 5.22 Å². The summed E-state index contributed by atoms with van der Waals surface area (Å²) in [5, 5.41) is 18.9. The summed E-state index contributed by atoms with van der Waals surface area (Å²) in [4.78, 5) is 12.0. The van der Waals surface area contributed by atoms with Crippen LogP contribution in [0.25, 0.3) is 17.5 Å². The predicted octanol–water partition coefficient (Wildman–Crippen LogP) is 6.86. The molecule has 4 rings (SSSR count). The topological polar surface area (TPSA) is 104 Å². The zero-order valence-corrected chi connectivity index (χ0v) is 21.9. The average Bonchev–Trinajstić information content (AvgIpc) is 3.36. The SMILES string of the molecule is COc1cc(OC)cc(-c2nnc(S/C(=C\c3cc(Cl)ccc3OCc3cccc(Cl)c3)C(=O)O)o2)c1. The van der Waals surface area contributed by atoms with E-state index in [1.807, 2.05) is 12.1 Å². The van der Waals surface area contributed by atoms with Gasteiger partial charge in [-0.3, -0.25) is 0 Å². The number of aromatic nitrogens is 2. The second-order valence-electron chi connectivity index (χ2n) is 7.49. The molecule has 0 saturated heterocycles. The third-order valence-corrected chi connectivity index (χ3v) is 6.28. The first-order valence-electron chi connectivity index (χ1n) is 10.7. The van der Waals surface area contributed by atoms with Crippen molar-refractivity contribution in [1.82, 2.24) is 10.2 Å². The lowest BCUT2D eigenvalue weighted by atomic mass is 10.2. The molecule has 0 fully saturated rings. The summed E-state index contributed by atoms with van der Waals surface area (Å²) in [6.45, 7) is 0.232. The molecular weight excluding hydrogens is 539 g/mol. The first-order valence-corrected chi connectivity index (χ1v) is 12.3. The molecule has 0 unspecified atom stereocenters. The first-order chi connectivity index (χ1) is 17.8. The highest BCUT2D eigenvalue weighted by molar-refractivity contribution is 8.03. The Morgan fingerprint density at radius 1 is 1.00 bits per heavy atom. The maximum absolute atomic E-state index is 12.1. The monoisotopic (exact) mass is 558 g/mol. The van der Waals surface area contributed by atoms with Crippen LogP contribution in [0.4, 0.5) is 0 Å². The smallest absolute Gasteiger partial charge is 0.342 e. The van der Waals surface area contributed by atoms with E-state index < -0.39 is 5.97 Å². The minimum Gasteiger partial charge on any atom is -0.497 e. The van der Waals surface area contributed by atoms with Gasteiger partial charge in [-0.15, -0.1) is 10.2 Å². The van der Waals surface area contributed by atoms with Crippen LogP contribution in [0.2, 0.25) is 10.0 Å². The van der Waals surface area contributed by atoms with E-state index >= 15 is 0 Å². The number of aliphatic carboxylic acids is 1. The molecule has 0 bridgehead atoms. The van der Waals surface area contributed by atoms with Crippen molar-refractivity contribution in [3.63, 3.8) is 0 Å². The van der Waals surface area contributed by atoms with Crippen molar-refractivity contribution in [2.75, 3.05) is 14.2 Å². The van der Waals surface area contributed by atoms with E-state index in [9.17, 15) is 9.90 Å². The molecule has 0 spiro atoms. The van der Waals surface area contributed by atoms with E-state index in [1.165, 1.54) is 20.3 Å². The summed E-state index contributed by atoms with van der Waals surface area (Å²) in [5.74, 6) is 0.517. The number of carboxylic acid groups (broad SMARTS) is 1. The molecule has 1 heterocycles. The van der Waals surface area contributed by atoms with E-state index in [2.05, 4.69) is 10.2 Å². The number of carbonyl (C=O) groups is 1. The van der Waals surface area contributed by atoms with Crippen LogP contribution in [0.1, 0.15) is 11.1 Å². The molecule has 190 valence electrons. The molecule has 4 aromatic rings. The summed E-state index contributed by atoms with van der Waals surface area (Å²) in [6.07, 6.45) is 1.44. The number of hydrogen-bond donors (Lipinski definition) is 1. The van der Waals surface area contributed by atoms with Crippen molar-refractivity contribution >= 4 is 47.0 Å². The lowest BCUT2D eigenvalue weighted by molar-refractivity contribution is -0.131. The van der Waals surface area contributed by atoms with Crippen molar-refractivity contribution in [2.45, 2.75) is 11.8 Å². The standard InChI is InChI=1S/C26H20Cl2N2O6S/c1-33-20-10-17(11-21(13-20)34-2)24-29-30-26(36-24)37-23(25(31)32)12-16-9-19(28)6-7-22(16)35-14-15-4-3-5-18(27)8-15/h3-13H,14H2,1-2H3,(H,31,32)/b23-12-. The number of hydrogen-bond acceptors (Lipinski definition) is 8. The highest BCUT2D eigenvalue weighted by atomic mass is 35.5. The maximum Gasteiger partial charge on any atom is 0.342 e. The zero-order chi connectivity index (χ0) is 26.4. The van der Waals surface area contributed by atoms with Crippen LogP contribution >= 0.6 is 35.0 Å². The van der Waals surface area contributed by atoms with Crippen LogP contribution in [-0.4, -0.2) is 35.5 Å². The van der Waals surface area contributed by atoms with E-state index in [1.54, 1.807) is 48.5 Å². The van der Waals surface area contributed by atoms with Gasteiger partial charge < -0.3 is 23.7 Å². The molecule has 0 aliphatic heterocycles. The van der Waals surface area contributed by atoms with Gasteiger partial charge in [0.05, 0.1) is 14.2 Å². The Morgan fingerprint density at radius 3 is 2.41 bits per heavy atom. The number of carboxylic acids is 1. The van der Waals surface area contributed by atoms with Gasteiger partial charge in [-0.05, 0) is 65.9 Å². The second-order valence-corrected chi connectivity index (χ2v) is 9.36. The fourth-order valence-corrected chi connectivity index (χ4v) is 4.28. The third-order valence-electron chi connectivity index (χ3n) is 4.95. The van der Waals surface area contributed by atoms with Gasteiger partial charge in [-0.1, -0.05) is 35.3 Å². The first kappa shape index (κ1) is 26.4. The molecule has 0 aliphatic carbocycles. The Hall–Kier alpha value is -3.66. The van der Waals surface area contributed by atoms with Crippen LogP contribution in [0.5, 0.6) is 17.2 Å². The van der Waals surface area contributed by atoms with Crippen molar-refractivity contribution in [3.05, 3.63) is 86.7 Å². The summed E-state index contributed by atoms with van der Waals surface area (Å²) in [5.41, 5.74) is 1.89. The van der Waals surface area contributed by atoms with Gasteiger partial charge in [-0.25, -0.2) is 4.79 Å². The highest BCUT2D eigenvalue weighted by Crippen LogP contribution is 2.35. The van der Waals surface area contributed by atoms with Gasteiger partial charge in [0.1, 0.15) is 28.8 Å². The van der Waals surface area contributed by atoms with Gasteiger partial charge in [0.2, 0.25) is 5.89 Å². The minimum absolute atomic E-state index is 0.0360. The molecule has 11 heteroatoms. The molecule has 37 heavy (non-hydrogen) atoms. The van der Waals surface area contributed by atoms with E-state index in [0.717, 1.165) is 17.3 Å². The van der Waals surface area contributed by atoms with Gasteiger partial charge in [-0.2, -0.15) is 0 Å². The molecule has 8 nitrogen and oxygen atoms in total. The normalized spacial score (nSPS) is 11.3. The lowest BCUT2D eigenvalue weighted by Gasteiger charge is -2.11. The maximum atomic E-state index is 12.1. The summed E-state index contributed by atoms with van der Waals surface area (Å²) < 4.78 is 22.2. The van der Waals surface area contributed by atoms with E-state index in [0.29, 0.717) is 38.4 Å². The number of halogens is 2. The van der Waals surface area contributed by atoms with E-state index in [4.69, 9.17) is 41.8 Å². The highest BCUT2D eigenvalue weighted by Gasteiger charge is 2.18. The average molecular weight is 559 g/mol. The van der Waals surface area contributed by atoms with Crippen molar-refractivity contribution < 1.29 is 28.5 Å². The summed E-state index contributed by atoms with van der Waals surface area (Å²) in [7, 11) is 3.06. The molecular formula is C26H20Cl2N2O6S. The molecule has 0 radical (unpaired) electrons. The van der Waals surface area contributed by atoms with Crippen molar-refractivity contribution in [1.29, 1.82) is 0 Å². The molecule has 1 N–H and O–H groups in total. The molecule has 0 saturated carbocycles. The Kier molecular flexibility index (Phi) is 8.60. The quantitative estimate of drug-likeness (QED) is 0.165. The van der Waals surface area contributed by atoms with Crippen LogP contribution in [0.15, 0.2) is 75.2 Å². The van der Waals surface area contributed by atoms with Crippen molar-refractivity contribution in [3.8, 4) is 28.7 Å². The number of methoxy groups -OCH3 is 2. The lowest BCUT2D eigenvalue weighted by Crippen LogP contribution is -1.99. The van der Waals surface area contributed by atoms with Crippen LogP contribution in [0.3, 0.4) is 0 Å². The Morgan fingerprint density at radius 2 is 1.73 bits per heavy atom. The Bertz CT molecular complexity index is 1430. The second kappa shape index (κ2) is 12.1.